The molecule has 0 saturated carbocycles. The first kappa shape index (κ1) is 9.47. The second-order valence-corrected chi connectivity index (χ2v) is 3.88. The lowest BCUT2D eigenvalue weighted by Crippen LogP contribution is -2.29. The Morgan fingerprint density at radius 1 is 1.43 bits per heavy atom. The molecule has 0 aliphatic heterocycles. The number of nitrogens with one attached hydrogen (secondary N) is 1. The zero-order valence-electron chi connectivity index (χ0n) is 8.50. The first-order chi connectivity index (χ1) is 6.92. The van der Waals surface area contributed by atoms with Gasteiger partial charge in [-0.1, -0.05) is 30.3 Å². The van der Waals surface area contributed by atoms with Gasteiger partial charge in [0.2, 0.25) is 0 Å². The van der Waals surface area contributed by atoms with Crippen molar-refractivity contribution in [3.05, 3.63) is 48.0 Å². The predicted molar refractivity (Wildman–Crippen MR) is 60.6 cm³/mol. The van der Waals surface area contributed by atoms with Crippen LogP contribution in [0.15, 0.2) is 36.9 Å². The van der Waals surface area contributed by atoms with E-state index in [9.17, 15) is 0 Å². The fourth-order valence-electron chi connectivity index (χ4n) is 2.03. The van der Waals surface area contributed by atoms with E-state index in [0.29, 0.717) is 0 Å². The van der Waals surface area contributed by atoms with Gasteiger partial charge >= 0.3 is 0 Å². The van der Waals surface area contributed by atoms with Gasteiger partial charge in [0.05, 0.1) is 0 Å². The van der Waals surface area contributed by atoms with Crippen molar-refractivity contribution in [2.45, 2.75) is 18.8 Å². The fourth-order valence-corrected chi connectivity index (χ4v) is 2.03. The zero-order valence-corrected chi connectivity index (χ0v) is 8.50. The molecule has 1 heteroatoms. The van der Waals surface area contributed by atoms with Gasteiger partial charge in [0.1, 0.15) is 0 Å². The lowest BCUT2D eigenvalue weighted by Gasteiger charge is -2.30. The monoisotopic (exact) mass is 187 g/mol. The molecule has 0 radical (unpaired) electrons. The summed E-state index contributed by atoms with van der Waals surface area (Å²) in [7, 11) is 0. The Balaban J connectivity index is 1.78. The summed E-state index contributed by atoms with van der Waals surface area (Å²) in [6, 6.07) is 8.74. The predicted octanol–water partition coefficient (Wildman–Crippen LogP) is 2.49. The molecule has 1 N–H and O–H groups in total. The summed E-state index contributed by atoms with van der Waals surface area (Å²) in [5.74, 6) is 0.746. The Labute approximate surface area is 85.8 Å². The molecular formula is C13H17N. The quantitative estimate of drug-likeness (QED) is 0.551. The molecular weight excluding hydrogens is 170 g/mol. The van der Waals surface area contributed by atoms with Gasteiger partial charge in [-0.2, -0.15) is 0 Å². The highest BCUT2D eigenvalue weighted by atomic mass is 14.9. The lowest BCUT2D eigenvalue weighted by atomic mass is 9.77. The maximum Gasteiger partial charge on any atom is 0.00235 e. The summed E-state index contributed by atoms with van der Waals surface area (Å²) in [4.78, 5) is 0. The third-order valence-corrected chi connectivity index (χ3v) is 2.88. The van der Waals surface area contributed by atoms with E-state index in [-0.39, 0.29) is 0 Å². The highest BCUT2D eigenvalue weighted by Crippen LogP contribution is 2.33. The van der Waals surface area contributed by atoms with Gasteiger partial charge < -0.3 is 5.32 Å². The van der Waals surface area contributed by atoms with Crippen LogP contribution in [0.5, 0.6) is 0 Å². The van der Waals surface area contributed by atoms with Gasteiger partial charge in [0.25, 0.3) is 0 Å². The molecule has 1 atom stereocenters. The summed E-state index contributed by atoms with van der Waals surface area (Å²) in [6.45, 7) is 5.88. The normalized spacial score (nSPS) is 18.4. The van der Waals surface area contributed by atoms with Crippen molar-refractivity contribution in [2.24, 2.45) is 0 Å². The molecule has 1 aliphatic rings. The second kappa shape index (κ2) is 4.43. The van der Waals surface area contributed by atoms with E-state index in [1.807, 2.05) is 6.08 Å². The summed E-state index contributed by atoms with van der Waals surface area (Å²) >= 11 is 0. The molecule has 0 fully saturated rings. The zero-order chi connectivity index (χ0) is 9.80. The van der Waals surface area contributed by atoms with Crippen molar-refractivity contribution in [1.82, 2.24) is 5.32 Å². The molecule has 2 rings (SSSR count). The third kappa shape index (κ3) is 1.88. The molecule has 1 nitrogen and oxygen atoms in total. The van der Waals surface area contributed by atoms with E-state index in [1.54, 1.807) is 5.56 Å². The molecule has 1 aromatic carbocycles. The number of hydrogen-bond donors (Lipinski definition) is 1. The average molecular weight is 187 g/mol. The van der Waals surface area contributed by atoms with Crippen LogP contribution < -0.4 is 5.32 Å². The molecule has 1 aromatic rings. The Kier molecular flexibility index (Phi) is 3.00. The molecule has 1 unspecified atom stereocenters. The van der Waals surface area contributed by atoms with Crippen molar-refractivity contribution in [3.63, 3.8) is 0 Å². The molecule has 74 valence electrons. The number of benzene rings is 1. The van der Waals surface area contributed by atoms with Crippen molar-refractivity contribution >= 4 is 0 Å². The van der Waals surface area contributed by atoms with Crippen molar-refractivity contribution in [1.29, 1.82) is 0 Å². The molecule has 1 aliphatic carbocycles. The highest BCUT2D eigenvalue weighted by Gasteiger charge is 2.24. The van der Waals surface area contributed by atoms with E-state index in [2.05, 4.69) is 36.2 Å². The first-order valence-electron chi connectivity index (χ1n) is 5.31. The number of hydrogen-bond acceptors (Lipinski definition) is 1. The largest absolute Gasteiger partial charge is 0.316 e. The van der Waals surface area contributed by atoms with E-state index >= 15 is 0 Å². The standard InChI is InChI=1S/C13H17N/c1-2-3-8-14-10-12-9-11-6-4-5-7-13(11)12/h2,4-7,12,14H,1,3,8-10H2. The van der Waals surface area contributed by atoms with Crippen LogP contribution in [0.2, 0.25) is 0 Å². The topological polar surface area (TPSA) is 12.0 Å². The first-order valence-corrected chi connectivity index (χ1v) is 5.31. The summed E-state index contributed by atoms with van der Waals surface area (Å²) in [5, 5.41) is 3.46. The Hall–Kier alpha value is -1.08. The maximum atomic E-state index is 3.71. The van der Waals surface area contributed by atoms with E-state index < -0.39 is 0 Å². The molecule has 0 aromatic heterocycles. The minimum absolute atomic E-state index is 0.746. The number of fused-ring (bicyclic) bond motifs is 1. The van der Waals surface area contributed by atoms with Crippen LogP contribution in [-0.2, 0) is 6.42 Å². The van der Waals surface area contributed by atoms with Crippen LogP contribution in [0.4, 0.5) is 0 Å². The van der Waals surface area contributed by atoms with Crippen LogP contribution in [0.1, 0.15) is 23.5 Å². The van der Waals surface area contributed by atoms with Crippen molar-refractivity contribution in [2.75, 3.05) is 13.1 Å². The van der Waals surface area contributed by atoms with Gasteiger partial charge in [-0.25, -0.2) is 0 Å². The molecule has 14 heavy (non-hydrogen) atoms. The second-order valence-electron chi connectivity index (χ2n) is 3.88. The van der Waals surface area contributed by atoms with Crippen LogP contribution in [0.25, 0.3) is 0 Å². The molecule has 0 bridgehead atoms. The minimum Gasteiger partial charge on any atom is -0.316 e. The summed E-state index contributed by atoms with van der Waals surface area (Å²) in [6.07, 6.45) is 4.27. The van der Waals surface area contributed by atoms with Gasteiger partial charge in [-0.3, -0.25) is 0 Å². The summed E-state index contributed by atoms with van der Waals surface area (Å²) in [5.41, 5.74) is 3.07. The van der Waals surface area contributed by atoms with Crippen molar-refractivity contribution < 1.29 is 0 Å². The fraction of sp³-hybridized carbons (Fsp3) is 0.385. The van der Waals surface area contributed by atoms with E-state index in [4.69, 9.17) is 0 Å². The van der Waals surface area contributed by atoms with E-state index in [0.717, 1.165) is 25.4 Å². The third-order valence-electron chi connectivity index (χ3n) is 2.88. The highest BCUT2D eigenvalue weighted by molar-refractivity contribution is 5.40. The van der Waals surface area contributed by atoms with Crippen LogP contribution >= 0.6 is 0 Å². The Morgan fingerprint density at radius 3 is 3.07 bits per heavy atom. The Morgan fingerprint density at radius 2 is 2.29 bits per heavy atom. The molecule has 0 saturated heterocycles. The van der Waals surface area contributed by atoms with Crippen LogP contribution in [0, 0.1) is 0 Å². The molecule has 0 amide bonds. The van der Waals surface area contributed by atoms with Gasteiger partial charge in [0, 0.05) is 12.5 Å². The average Bonchev–Trinajstić information content (AvgIpc) is 2.19. The SMILES string of the molecule is C=CCCNCC1Cc2ccccc21. The van der Waals surface area contributed by atoms with E-state index in [1.165, 1.54) is 12.0 Å². The summed E-state index contributed by atoms with van der Waals surface area (Å²) < 4.78 is 0. The maximum absolute atomic E-state index is 3.71. The smallest absolute Gasteiger partial charge is 0.00235 e. The molecule has 0 heterocycles. The Bertz CT molecular complexity index is 317. The molecule has 0 spiro atoms. The lowest BCUT2D eigenvalue weighted by molar-refractivity contribution is 0.539. The van der Waals surface area contributed by atoms with Gasteiger partial charge in [0.15, 0.2) is 0 Å². The minimum atomic E-state index is 0.746. The van der Waals surface area contributed by atoms with Gasteiger partial charge in [-0.15, -0.1) is 6.58 Å². The van der Waals surface area contributed by atoms with Crippen LogP contribution in [-0.4, -0.2) is 13.1 Å². The number of rotatable bonds is 5. The van der Waals surface area contributed by atoms with Crippen LogP contribution in [0.3, 0.4) is 0 Å². The van der Waals surface area contributed by atoms with Gasteiger partial charge in [-0.05, 0) is 30.5 Å². The van der Waals surface area contributed by atoms with Crippen molar-refractivity contribution in [3.8, 4) is 0 Å².